The SMILES string of the molecule is COc1ccc(C(=O)Oc2ccc(CSP3(=O)OC[C@H]4O[C@@H](n5cnc6c(N)ncnc65)[C@H](F)[C@@H]4OP(=O)(O)OC[C@H]4O[C@@H](n5ccc(=O)[nH]c5=O)C[C@@H]4O3)cc2)cc1. The number of benzene rings is 2. The predicted molar refractivity (Wildman–Crippen MR) is 203 cm³/mol. The lowest BCUT2D eigenvalue weighted by molar-refractivity contribution is -0.0612. The summed E-state index contributed by atoms with van der Waals surface area (Å²) < 4.78 is 92.0. The maximum Gasteiger partial charge on any atom is 0.472 e. The van der Waals surface area contributed by atoms with Gasteiger partial charge in [0.05, 0.1) is 32.2 Å². The van der Waals surface area contributed by atoms with Gasteiger partial charge in [0.1, 0.15) is 54.0 Å². The van der Waals surface area contributed by atoms with Crippen LogP contribution in [0.2, 0.25) is 0 Å². The normalized spacial score (nSPS) is 29.8. The van der Waals surface area contributed by atoms with Crippen molar-refractivity contribution in [2.24, 2.45) is 0 Å². The number of methoxy groups -OCH3 is 1. The van der Waals surface area contributed by atoms with Crippen LogP contribution < -0.4 is 26.5 Å². The predicted octanol–water partition coefficient (Wildman–Crippen LogP) is 3.67. The monoisotopic (exact) mass is 877 g/mol. The maximum atomic E-state index is 16.4. The van der Waals surface area contributed by atoms with Gasteiger partial charge in [0.2, 0.25) is 0 Å². The summed E-state index contributed by atoms with van der Waals surface area (Å²) >= 11 is 0.750. The van der Waals surface area contributed by atoms with Gasteiger partial charge in [-0.2, -0.15) is 0 Å². The van der Waals surface area contributed by atoms with Crippen LogP contribution in [0, 0.1) is 0 Å². The number of nitrogen functional groups attached to an aromatic ring is 1. The average Bonchev–Trinajstić information content (AvgIpc) is 3.91. The molecule has 9 atom stereocenters. The second-order valence-electron chi connectivity index (χ2n) is 13.2. The van der Waals surface area contributed by atoms with Crippen LogP contribution in [0.3, 0.4) is 0 Å². The molecule has 3 saturated heterocycles. The Morgan fingerprint density at radius 2 is 1.71 bits per heavy atom. The van der Waals surface area contributed by atoms with Crippen molar-refractivity contribution in [1.82, 2.24) is 29.1 Å². The van der Waals surface area contributed by atoms with Gasteiger partial charge in [-0.15, -0.1) is 0 Å². The number of alkyl halides is 1. The summed E-state index contributed by atoms with van der Waals surface area (Å²) in [6.07, 6.45) is -7.21. The first-order valence-corrected chi connectivity index (χ1v) is 22.3. The Hall–Kier alpha value is -4.80. The zero-order valence-corrected chi connectivity index (χ0v) is 33.2. The molecule has 6 heterocycles. The van der Waals surface area contributed by atoms with E-state index in [1.165, 1.54) is 24.2 Å². The fourth-order valence-corrected chi connectivity index (χ4v) is 10.9. The minimum atomic E-state index is -5.09. The number of ether oxygens (including phenoxy) is 4. The average molecular weight is 878 g/mol. The third kappa shape index (κ3) is 8.90. The van der Waals surface area contributed by atoms with Crippen LogP contribution in [-0.2, 0) is 42.5 Å². The van der Waals surface area contributed by atoms with E-state index in [1.54, 1.807) is 48.5 Å². The maximum absolute atomic E-state index is 16.4. The topological polar surface area (TPSA) is 270 Å². The Balaban J connectivity index is 1.04. The Bertz CT molecular complexity index is 2560. The number of H-pyrrole nitrogens is 1. The third-order valence-corrected chi connectivity index (χ3v) is 14.1. The van der Waals surface area contributed by atoms with Crippen molar-refractivity contribution in [1.29, 1.82) is 0 Å². The van der Waals surface area contributed by atoms with E-state index < -0.39 is 88.1 Å². The largest absolute Gasteiger partial charge is 0.497 e. The molecule has 3 aromatic heterocycles. The molecule has 4 N–H and O–H groups in total. The number of imidazole rings is 1. The van der Waals surface area contributed by atoms with Crippen molar-refractivity contribution >= 4 is 49.0 Å². The van der Waals surface area contributed by atoms with Crippen molar-refractivity contribution in [3.63, 3.8) is 0 Å². The molecule has 3 aliphatic heterocycles. The van der Waals surface area contributed by atoms with Crippen LogP contribution in [0.5, 0.6) is 11.5 Å². The van der Waals surface area contributed by atoms with E-state index in [2.05, 4.69) is 19.9 Å². The minimum Gasteiger partial charge on any atom is -0.497 e. The fraction of sp³-hybridized carbons (Fsp3) is 0.353. The number of nitrogens with zero attached hydrogens (tertiary/aromatic N) is 5. The van der Waals surface area contributed by atoms with Crippen LogP contribution >= 0.6 is 26.0 Å². The number of fused-ring (bicyclic) bond motifs is 3. The van der Waals surface area contributed by atoms with E-state index in [9.17, 15) is 28.4 Å². The molecule has 312 valence electrons. The van der Waals surface area contributed by atoms with Crippen molar-refractivity contribution in [3.8, 4) is 11.5 Å². The van der Waals surface area contributed by atoms with Gasteiger partial charge in [-0.25, -0.2) is 38.1 Å². The number of rotatable bonds is 8. The van der Waals surface area contributed by atoms with Gasteiger partial charge in [-0.05, 0) is 53.3 Å². The van der Waals surface area contributed by atoms with E-state index in [4.69, 9.17) is 42.8 Å². The van der Waals surface area contributed by atoms with Gasteiger partial charge >= 0.3 is 26.3 Å². The zero-order valence-electron chi connectivity index (χ0n) is 30.5. The number of phosphoric ester groups is 1. The van der Waals surface area contributed by atoms with Crippen molar-refractivity contribution in [2.75, 3.05) is 26.1 Å². The molecule has 5 aromatic rings. The van der Waals surface area contributed by atoms with Gasteiger partial charge in [0, 0.05) is 24.4 Å². The highest BCUT2D eigenvalue weighted by molar-refractivity contribution is 8.54. The number of hydrogen-bond donors (Lipinski definition) is 3. The third-order valence-electron chi connectivity index (χ3n) is 9.44. The molecule has 25 heteroatoms. The number of esters is 1. The number of nitrogens with one attached hydrogen (secondary N) is 1. The van der Waals surface area contributed by atoms with Crippen LogP contribution in [0.4, 0.5) is 10.2 Å². The van der Waals surface area contributed by atoms with Crippen LogP contribution in [0.25, 0.3) is 11.2 Å². The highest BCUT2D eigenvalue weighted by Gasteiger charge is 2.53. The van der Waals surface area contributed by atoms with Crippen molar-refractivity contribution in [2.45, 2.75) is 55.2 Å². The lowest BCUT2D eigenvalue weighted by Gasteiger charge is -2.28. The lowest BCUT2D eigenvalue weighted by atomic mass is 10.1. The Morgan fingerprint density at radius 3 is 2.46 bits per heavy atom. The Morgan fingerprint density at radius 1 is 0.966 bits per heavy atom. The van der Waals surface area contributed by atoms with Crippen LogP contribution in [-0.4, -0.2) is 90.8 Å². The van der Waals surface area contributed by atoms with Gasteiger partial charge in [-0.1, -0.05) is 12.1 Å². The van der Waals surface area contributed by atoms with Crippen LogP contribution in [0.1, 0.15) is 34.8 Å². The summed E-state index contributed by atoms with van der Waals surface area (Å²) in [5.41, 5.74) is 5.57. The molecule has 0 amide bonds. The van der Waals surface area contributed by atoms with E-state index in [0.717, 1.165) is 28.3 Å². The van der Waals surface area contributed by atoms with Gasteiger partial charge < -0.3 is 29.6 Å². The zero-order chi connectivity index (χ0) is 41.5. The molecule has 2 aromatic carbocycles. The van der Waals surface area contributed by atoms with E-state index >= 15 is 4.39 Å². The number of carbonyl (C=O) groups excluding carboxylic acids is 1. The Labute approximate surface area is 335 Å². The standard InChI is InChI=1S/C34H34FN7O14P2S/c1-49-20-8-4-19(5-9-20)33(44)52-21-6-2-18(3-7-21)15-59-58(48)51-14-24-29(27(35)32(54-24)42-17-39-28-30(36)37-16-38-31(28)42)56-57(46,47)50-13-23-22(55-58)12-26(53-23)41-11-10-25(43)40-34(41)45/h2-11,16-17,22-24,26-27,29,32H,12-15H2,1H3,(H,46,47)(H2,36,37,38)(H,40,43,45)/t22-,23+,24+,26+,27+,29+,32+,58?/m0/s1. The lowest BCUT2D eigenvalue weighted by Crippen LogP contribution is -2.35. The molecule has 2 unspecified atom stereocenters. The molecule has 8 rings (SSSR count). The Kier molecular flexibility index (Phi) is 11.6. The van der Waals surface area contributed by atoms with Gasteiger partial charge in [-0.3, -0.25) is 37.0 Å². The molecular formula is C34H34FN7O14P2S. The fourth-order valence-electron chi connectivity index (χ4n) is 6.50. The summed E-state index contributed by atoms with van der Waals surface area (Å²) in [6, 6.07) is 13.8. The number of nitrogens with two attached hydrogens (primary N) is 1. The van der Waals surface area contributed by atoms with Gasteiger partial charge in [0.25, 0.3) is 5.56 Å². The minimum absolute atomic E-state index is 0.00927. The molecule has 3 fully saturated rings. The molecule has 0 saturated carbocycles. The molecule has 21 nitrogen and oxygen atoms in total. The number of phosphoric acid groups is 1. The van der Waals surface area contributed by atoms with E-state index in [0.29, 0.717) is 16.9 Å². The summed E-state index contributed by atoms with van der Waals surface area (Å²) in [6.45, 7) is -5.75. The smallest absolute Gasteiger partial charge is 0.472 e. The number of halogens is 1. The summed E-state index contributed by atoms with van der Waals surface area (Å²) in [5, 5.41) is 0. The second kappa shape index (κ2) is 16.7. The number of hydrogen-bond acceptors (Lipinski definition) is 18. The second-order valence-corrected chi connectivity index (χ2v) is 18.7. The first kappa shape index (κ1) is 41.0. The van der Waals surface area contributed by atoms with E-state index in [-0.39, 0.29) is 34.9 Å². The molecule has 3 aliphatic rings. The highest BCUT2D eigenvalue weighted by Crippen LogP contribution is 2.64. The quantitative estimate of drug-likeness (QED) is 0.114. The van der Waals surface area contributed by atoms with Crippen molar-refractivity contribution < 1.29 is 60.3 Å². The summed E-state index contributed by atoms with van der Waals surface area (Å²) in [5.74, 6) is 0.237. The molecule has 0 bridgehead atoms. The summed E-state index contributed by atoms with van der Waals surface area (Å²) in [7, 11) is -3.58. The summed E-state index contributed by atoms with van der Waals surface area (Å²) in [4.78, 5) is 62.1. The van der Waals surface area contributed by atoms with Gasteiger partial charge in [0.15, 0.2) is 23.9 Å². The highest BCUT2D eigenvalue weighted by atomic mass is 32.7. The van der Waals surface area contributed by atoms with E-state index in [1.807, 2.05) is 0 Å². The molecule has 59 heavy (non-hydrogen) atoms. The molecular weight excluding hydrogens is 843 g/mol. The first-order valence-electron chi connectivity index (χ1n) is 17.7. The molecule has 0 spiro atoms. The van der Waals surface area contributed by atoms with Crippen LogP contribution in [0.15, 0.2) is 83.0 Å². The molecule has 0 radical (unpaired) electrons. The molecule has 0 aliphatic carbocycles. The number of anilines is 1. The number of carbonyl (C=O) groups is 1. The number of aromatic amines is 1. The number of aromatic nitrogens is 6. The van der Waals surface area contributed by atoms with Crippen molar-refractivity contribution in [3.05, 3.63) is 105 Å². The first-order chi connectivity index (χ1) is 28.3.